The fraction of sp³-hybridized carbons (Fsp3) is 0.700. The summed E-state index contributed by atoms with van der Waals surface area (Å²) in [5.74, 6) is 0.821. The number of hydrogen-bond acceptors (Lipinski definition) is 3. The summed E-state index contributed by atoms with van der Waals surface area (Å²) in [5.41, 5.74) is 0. The topological polar surface area (TPSA) is 64.0 Å². The molecule has 0 radical (unpaired) electrons. The minimum Gasteiger partial charge on any atom is -0.256 e. The Hall–Kier alpha value is -0.590. The Morgan fingerprint density at radius 2 is 2.29 bits per heavy atom. The predicted octanol–water partition coefficient (Wildman–Crippen LogP) is 1.35. The first-order valence-electron chi connectivity index (χ1n) is 5.55. The number of nitrogens with one attached hydrogen (secondary N) is 1. The molecule has 0 aliphatic heterocycles. The maximum atomic E-state index is 11.9. The van der Waals surface area contributed by atoms with Crippen LogP contribution in [0.1, 0.15) is 19.8 Å². The van der Waals surface area contributed by atoms with Crippen LogP contribution in [0, 0.1) is 5.92 Å². The van der Waals surface area contributed by atoms with Crippen molar-refractivity contribution in [2.24, 2.45) is 13.0 Å². The molecule has 1 atom stereocenters. The molecule has 1 aromatic heterocycles. The van der Waals surface area contributed by atoms with E-state index in [1.807, 2.05) is 6.92 Å². The van der Waals surface area contributed by atoms with Gasteiger partial charge in [-0.2, -0.15) is 5.10 Å². The molecule has 1 N–H and O–H groups in total. The molecule has 0 saturated carbocycles. The first-order chi connectivity index (χ1) is 8.01. The van der Waals surface area contributed by atoms with Crippen molar-refractivity contribution in [1.82, 2.24) is 14.5 Å². The van der Waals surface area contributed by atoms with Crippen molar-refractivity contribution in [3.63, 3.8) is 0 Å². The molecule has 7 heteroatoms. The maximum Gasteiger partial charge on any atom is 0.257 e. The van der Waals surface area contributed by atoms with E-state index in [0.29, 0.717) is 12.4 Å². The smallest absolute Gasteiger partial charge is 0.256 e. The molecule has 0 spiro atoms. The summed E-state index contributed by atoms with van der Waals surface area (Å²) in [4.78, 5) is 0. The van der Waals surface area contributed by atoms with Gasteiger partial charge in [0.25, 0.3) is 10.0 Å². The highest BCUT2D eigenvalue weighted by atomic mass is 35.5. The largest absolute Gasteiger partial charge is 0.257 e. The highest BCUT2D eigenvalue weighted by molar-refractivity contribution is 7.89. The van der Waals surface area contributed by atoms with Crippen molar-refractivity contribution in [3.05, 3.63) is 12.3 Å². The Bertz CT molecular complexity index is 444. The van der Waals surface area contributed by atoms with Gasteiger partial charge in [0.05, 0.1) is 6.20 Å². The van der Waals surface area contributed by atoms with E-state index in [0.717, 1.165) is 12.8 Å². The number of halogens is 1. The Kier molecular flexibility index (Phi) is 5.42. The van der Waals surface area contributed by atoms with E-state index in [1.165, 1.54) is 16.9 Å². The van der Waals surface area contributed by atoms with Gasteiger partial charge < -0.3 is 0 Å². The first-order valence-corrected chi connectivity index (χ1v) is 7.56. The second kappa shape index (κ2) is 6.37. The van der Waals surface area contributed by atoms with Crippen LogP contribution in [0.25, 0.3) is 0 Å². The van der Waals surface area contributed by atoms with E-state index in [1.54, 1.807) is 7.05 Å². The molecule has 0 fully saturated rings. The molecule has 1 unspecified atom stereocenters. The highest BCUT2D eigenvalue weighted by Crippen LogP contribution is 2.11. The van der Waals surface area contributed by atoms with E-state index < -0.39 is 10.0 Å². The van der Waals surface area contributed by atoms with E-state index in [2.05, 4.69) is 9.82 Å². The molecule has 98 valence electrons. The van der Waals surface area contributed by atoms with E-state index in [4.69, 9.17) is 11.6 Å². The van der Waals surface area contributed by atoms with E-state index in [-0.39, 0.29) is 10.9 Å². The lowest BCUT2D eigenvalue weighted by molar-refractivity contribution is 0.478. The Morgan fingerprint density at radius 3 is 2.76 bits per heavy atom. The summed E-state index contributed by atoms with van der Waals surface area (Å²) in [6.45, 7) is 2.44. The number of aromatic nitrogens is 2. The molecule has 1 rings (SSSR count). The SMILES string of the molecule is CCC(CCCl)CNS(=O)(=O)c1ccnn1C. The van der Waals surface area contributed by atoms with Crippen molar-refractivity contribution in [3.8, 4) is 0 Å². The first kappa shape index (κ1) is 14.5. The predicted molar refractivity (Wildman–Crippen MR) is 67.5 cm³/mol. The zero-order valence-corrected chi connectivity index (χ0v) is 11.6. The second-order valence-corrected chi connectivity index (χ2v) is 5.99. The van der Waals surface area contributed by atoms with Crippen LogP contribution in [0.5, 0.6) is 0 Å². The highest BCUT2D eigenvalue weighted by Gasteiger charge is 2.19. The molecule has 17 heavy (non-hydrogen) atoms. The molecule has 0 amide bonds. The van der Waals surface area contributed by atoms with Crippen molar-refractivity contribution in [2.45, 2.75) is 24.8 Å². The lowest BCUT2D eigenvalue weighted by Crippen LogP contribution is -2.30. The van der Waals surface area contributed by atoms with Gasteiger partial charge in [-0.25, -0.2) is 13.1 Å². The Balaban J connectivity index is 2.65. The molecular formula is C10H18ClN3O2S. The van der Waals surface area contributed by atoms with Crippen LogP contribution in [0.3, 0.4) is 0 Å². The van der Waals surface area contributed by atoms with Crippen LogP contribution in [0.4, 0.5) is 0 Å². The summed E-state index contributed by atoms with van der Waals surface area (Å²) in [7, 11) is -1.86. The third-order valence-electron chi connectivity index (χ3n) is 2.71. The number of rotatable bonds is 7. The van der Waals surface area contributed by atoms with Gasteiger partial charge >= 0.3 is 0 Å². The normalized spacial score (nSPS) is 13.8. The molecule has 1 heterocycles. The molecule has 0 aliphatic rings. The van der Waals surface area contributed by atoms with Gasteiger partial charge in [0.2, 0.25) is 0 Å². The zero-order valence-electron chi connectivity index (χ0n) is 10.1. The lowest BCUT2D eigenvalue weighted by atomic mass is 10.0. The van der Waals surface area contributed by atoms with Gasteiger partial charge in [0, 0.05) is 19.5 Å². The second-order valence-electron chi connectivity index (χ2n) is 3.90. The van der Waals surface area contributed by atoms with Crippen LogP contribution in [-0.4, -0.2) is 30.6 Å². The molecule has 0 aliphatic carbocycles. The number of hydrogen-bond donors (Lipinski definition) is 1. The Labute approximate surface area is 107 Å². The van der Waals surface area contributed by atoms with Gasteiger partial charge in [-0.1, -0.05) is 13.3 Å². The van der Waals surface area contributed by atoms with Gasteiger partial charge in [0.1, 0.15) is 0 Å². The summed E-state index contributed by atoms with van der Waals surface area (Å²) in [6, 6.07) is 1.48. The molecular weight excluding hydrogens is 262 g/mol. The number of alkyl halides is 1. The fourth-order valence-corrected chi connectivity index (χ4v) is 3.08. The molecule has 0 saturated heterocycles. The van der Waals surface area contributed by atoms with Crippen LogP contribution in [0.15, 0.2) is 17.3 Å². The third-order valence-corrected chi connectivity index (χ3v) is 4.42. The van der Waals surface area contributed by atoms with Crippen molar-refractivity contribution < 1.29 is 8.42 Å². The summed E-state index contributed by atoms with van der Waals surface area (Å²) < 4.78 is 27.8. The Morgan fingerprint density at radius 1 is 1.59 bits per heavy atom. The monoisotopic (exact) mass is 279 g/mol. The van der Waals surface area contributed by atoms with Gasteiger partial charge in [-0.3, -0.25) is 4.68 Å². The van der Waals surface area contributed by atoms with Gasteiger partial charge in [0.15, 0.2) is 5.03 Å². The van der Waals surface area contributed by atoms with Crippen LogP contribution < -0.4 is 4.72 Å². The van der Waals surface area contributed by atoms with Gasteiger partial charge in [-0.05, 0) is 18.4 Å². The number of nitrogens with zero attached hydrogens (tertiary/aromatic N) is 2. The number of aryl methyl sites for hydroxylation is 1. The standard InChI is InChI=1S/C10H18ClN3O2S/c1-3-9(4-6-11)8-13-17(15,16)10-5-7-12-14(10)2/h5,7,9,13H,3-4,6,8H2,1-2H3. The van der Waals surface area contributed by atoms with Crippen LogP contribution in [0.2, 0.25) is 0 Å². The minimum absolute atomic E-state index is 0.179. The summed E-state index contributed by atoms with van der Waals surface area (Å²) >= 11 is 5.66. The fourth-order valence-electron chi connectivity index (χ4n) is 1.53. The van der Waals surface area contributed by atoms with Crippen molar-refractivity contribution in [2.75, 3.05) is 12.4 Å². The zero-order chi connectivity index (χ0) is 12.9. The van der Waals surface area contributed by atoms with Crippen LogP contribution >= 0.6 is 11.6 Å². The average Bonchev–Trinajstić information content (AvgIpc) is 2.71. The summed E-state index contributed by atoms with van der Waals surface area (Å²) in [6.07, 6.45) is 3.18. The third kappa shape index (κ3) is 3.97. The minimum atomic E-state index is -3.46. The molecule has 0 bridgehead atoms. The van der Waals surface area contributed by atoms with Gasteiger partial charge in [-0.15, -0.1) is 11.6 Å². The molecule has 1 aromatic rings. The van der Waals surface area contributed by atoms with Crippen molar-refractivity contribution in [1.29, 1.82) is 0 Å². The van der Waals surface area contributed by atoms with E-state index >= 15 is 0 Å². The number of sulfonamides is 1. The lowest BCUT2D eigenvalue weighted by Gasteiger charge is -2.14. The van der Waals surface area contributed by atoms with Crippen LogP contribution in [-0.2, 0) is 17.1 Å². The average molecular weight is 280 g/mol. The molecule has 0 aromatic carbocycles. The molecule has 5 nitrogen and oxygen atoms in total. The quantitative estimate of drug-likeness (QED) is 0.767. The maximum absolute atomic E-state index is 11.9. The van der Waals surface area contributed by atoms with Crippen molar-refractivity contribution >= 4 is 21.6 Å². The summed E-state index contributed by atoms with van der Waals surface area (Å²) in [5, 5.41) is 4.02. The van der Waals surface area contributed by atoms with E-state index in [9.17, 15) is 8.42 Å².